The lowest BCUT2D eigenvalue weighted by molar-refractivity contribution is 0.0399. The molecule has 3 heteroatoms. The van der Waals surface area contributed by atoms with Crippen LogP contribution in [0.4, 0.5) is 0 Å². The lowest BCUT2D eigenvalue weighted by atomic mass is 9.81. The van der Waals surface area contributed by atoms with Gasteiger partial charge >= 0.3 is 0 Å². The summed E-state index contributed by atoms with van der Waals surface area (Å²) >= 11 is 0. The van der Waals surface area contributed by atoms with Crippen molar-refractivity contribution in [3.05, 3.63) is 29.3 Å². The van der Waals surface area contributed by atoms with Crippen molar-refractivity contribution in [2.75, 3.05) is 7.11 Å². The highest BCUT2D eigenvalue weighted by molar-refractivity contribution is 5.37. The van der Waals surface area contributed by atoms with Crippen molar-refractivity contribution in [1.29, 1.82) is 0 Å². The highest BCUT2D eigenvalue weighted by atomic mass is 16.5. The number of benzene rings is 1. The molecule has 2 atom stereocenters. The molecule has 0 spiro atoms. The molecule has 17 heavy (non-hydrogen) atoms. The van der Waals surface area contributed by atoms with Crippen LogP contribution in [-0.2, 0) is 0 Å². The number of methoxy groups -OCH3 is 1. The molecule has 0 radical (unpaired) electrons. The van der Waals surface area contributed by atoms with Gasteiger partial charge in [-0.1, -0.05) is 26.8 Å². The molecular weight excluding hydrogens is 214 g/mol. The largest absolute Gasteiger partial charge is 0.497 e. The van der Waals surface area contributed by atoms with Crippen LogP contribution in [0.25, 0.3) is 0 Å². The van der Waals surface area contributed by atoms with E-state index in [4.69, 9.17) is 10.5 Å². The van der Waals surface area contributed by atoms with Crippen LogP contribution in [0.15, 0.2) is 18.2 Å². The Balaban J connectivity index is 3.01. The maximum absolute atomic E-state index is 10.2. The van der Waals surface area contributed by atoms with Crippen LogP contribution < -0.4 is 10.5 Å². The zero-order valence-corrected chi connectivity index (χ0v) is 11.3. The van der Waals surface area contributed by atoms with Gasteiger partial charge in [-0.3, -0.25) is 0 Å². The maximum Gasteiger partial charge on any atom is 0.119 e. The summed E-state index contributed by atoms with van der Waals surface area (Å²) in [6.07, 6.45) is -0.574. The number of hydrogen-bond donors (Lipinski definition) is 2. The molecule has 0 heterocycles. The quantitative estimate of drug-likeness (QED) is 0.848. The van der Waals surface area contributed by atoms with Gasteiger partial charge in [-0.25, -0.2) is 0 Å². The van der Waals surface area contributed by atoms with E-state index in [9.17, 15) is 5.11 Å². The molecule has 1 aromatic rings. The van der Waals surface area contributed by atoms with Crippen molar-refractivity contribution >= 4 is 0 Å². The SMILES string of the molecule is COc1ccc([C@@H](N)[C@@H](O)C(C)(C)C)c(C)c1. The van der Waals surface area contributed by atoms with E-state index in [1.807, 2.05) is 45.9 Å². The van der Waals surface area contributed by atoms with E-state index in [0.717, 1.165) is 16.9 Å². The minimum absolute atomic E-state index is 0.230. The Kier molecular flexibility index (Phi) is 4.17. The zero-order valence-electron chi connectivity index (χ0n) is 11.3. The second-order valence-corrected chi connectivity index (χ2v) is 5.56. The highest BCUT2D eigenvalue weighted by Crippen LogP contribution is 2.31. The molecule has 0 aromatic heterocycles. The normalized spacial score (nSPS) is 15.5. The maximum atomic E-state index is 10.2. The van der Waals surface area contributed by atoms with Crippen molar-refractivity contribution in [2.45, 2.75) is 39.8 Å². The molecule has 0 bridgehead atoms. The first kappa shape index (κ1) is 14.0. The van der Waals surface area contributed by atoms with Gasteiger partial charge in [-0.15, -0.1) is 0 Å². The summed E-state index contributed by atoms with van der Waals surface area (Å²) in [4.78, 5) is 0. The standard InChI is InChI=1S/C14H23NO2/c1-9-8-10(17-5)6-7-11(9)12(15)13(16)14(2,3)4/h6-8,12-13,16H,15H2,1-5H3/t12-,13-/m1/s1. The fraction of sp³-hybridized carbons (Fsp3) is 0.571. The van der Waals surface area contributed by atoms with Gasteiger partial charge in [0.25, 0.3) is 0 Å². The van der Waals surface area contributed by atoms with Crippen LogP contribution in [0.2, 0.25) is 0 Å². The first-order valence-corrected chi connectivity index (χ1v) is 5.85. The zero-order chi connectivity index (χ0) is 13.2. The van der Waals surface area contributed by atoms with Gasteiger partial charge in [0.15, 0.2) is 0 Å². The fourth-order valence-electron chi connectivity index (χ4n) is 1.86. The second kappa shape index (κ2) is 5.07. The highest BCUT2D eigenvalue weighted by Gasteiger charge is 2.29. The molecule has 0 aliphatic carbocycles. The molecule has 0 saturated carbocycles. The monoisotopic (exact) mass is 237 g/mol. The van der Waals surface area contributed by atoms with Crippen molar-refractivity contribution < 1.29 is 9.84 Å². The second-order valence-electron chi connectivity index (χ2n) is 5.56. The minimum atomic E-state index is -0.574. The average molecular weight is 237 g/mol. The summed E-state index contributed by atoms with van der Waals surface area (Å²) in [6, 6.07) is 5.36. The number of nitrogens with two attached hydrogens (primary N) is 1. The summed E-state index contributed by atoms with van der Waals surface area (Å²) in [5.74, 6) is 0.809. The van der Waals surface area contributed by atoms with Crippen LogP contribution in [0.1, 0.15) is 37.9 Å². The van der Waals surface area contributed by atoms with Crippen molar-refractivity contribution in [2.24, 2.45) is 11.1 Å². The summed E-state index contributed by atoms with van der Waals surface area (Å²) in [7, 11) is 1.64. The van der Waals surface area contributed by atoms with Gasteiger partial charge in [0.2, 0.25) is 0 Å². The lowest BCUT2D eigenvalue weighted by Crippen LogP contribution is -2.37. The molecule has 0 saturated heterocycles. The Morgan fingerprint density at radius 3 is 2.29 bits per heavy atom. The lowest BCUT2D eigenvalue weighted by Gasteiger charge is -2.31. The summed E-state index contributed by atoms with van der Waals surface area (Å²) in [5.41, 5.74) is 7.90. The predicted molar refractivity (Wildman–Crippen MR) is 70.1 cm³/mol. The number of aliphatic hydroxyl groups excluding tert-OH is 1. The van der Waals surface area contributed by atoms with Gasteiger partial charge in [0.1, 0.15) is 5.75 Å². The average Bonchev–Trinajstić information content (AvgIpc) is 2.25. The molecule has 1 rings (SSSR count). The molecule has 0 aliphatic heterocycles. The van der Waals surface area contributed by atoms with Gasteiger partial charge < -0.3 is 15.6 Å². The molecule has 0 amide bonds. The molecule has 96 valence electrons. The first-order valence-electron chi connectivity index (χ1n) is 5.85. The van der Waals surface area contributed by atoms with Gasteiger partial charge in [-0.2, -0.15) is 0 Å². The number of ether oxygens (including phenoxy) is 1. The van der Waals surface area contributed by atoms with E-state index in [0.29, 0.717) is 0 Å². The van der Waals surface area contributed by atoms with Crippen LogP contribution in [0.5, 0.6) is 5.75 Å². The van der Waals surface area contributed by atoms with E-state index in [1.54, 1.807) is 7.11 Å². The number of aliphatic hydroxyl groups is 1. The van der Waals surface area contributed by atoms with Crippen molar-refractivity contribution in [3.63, 3.8) is 0 Å². The van der Waals surface area contributed by atoms with Gasteiger partial charge in [0, 0.05) is 0 Å². The third-order valence-corrected chi connectivity index (χ3v) is 3.06. The summed E-state index contributed by atoms with van der Waals surface area (Å²) in [6.45, 7) is 7.93. The molecule has 0 aliphatic rings. The van der Waals surface area contributed by atoms with E-state index >= 15 is 0 Å². The third-order valence-electron chi connectivity index (χ3n) is 3.06. The number of rotatable bonds is 3. The Morgan fingerprint density at radius 1 is 1.29 bits per heavy atom. The molecule has 1 aromatic carbocycles. The van der Waals surface area contributed by atoms with E-state index in [-0.39, 0.29) is 11.5 Å². The minimum Gasteiger partial charge on any atom is -0.497 e. The van der Waals surface area contributed by atoms with E-state index < -0.39 is 6.10 Å². The van der Waals surface area contributed by atoms with Crippen molar-refractivity contribution in [3.8, 4) is 5.75 Å². The molecule has 3 N–H and O–H groups in total. The molecule has 0 fully saturated rings. The number of hydrogen-bond acceptors (Lipinski definition) is 3. The Hall–Kier alpha value is -1.06. The number of aryl methyl sites for hydroxylation is 1. The van der Waals surface area contributed by atoms with Crippen LogP contribution in [0, 0.1) is 12.3 Å². The Morgan fingerprint density at radius 2 is 1.88 bits per heavy atom. The van der Waals surface area contributed by atoms with E-state index in [2.05, 4.69) is 0 Å². The molecule has 3 nitrogen and oxygen atoms in total. The summed E-state index contributed by atoms with van der Waals surface area (Å²) in [5, 5.41) is 10.2. The Bertz CT molecular complexity index is 382. The van der Waals surface area contributed by atoms with Crippen LogP contribution in [0.3, 0.4) is 0 Å². The predicted octanol–water partition coefficient (Wildman–Crippen LogP) is 2.41. The van der Waals surface area contributed by atoms with E-state index in [1.165, 1.54) is 0 Å². The van der Waals surface area contributed by atoms with Crippen molar-refractivity contribution in [1.82, 2.24) is 0 Å². The van der Waals surface area contributed by atoms with Crippen LogP contribution >= 0.6 is 0 Å². The summed E-state index contributed by atoms with van der Waals surface area (Å²) < 4.78 is 5.15. The fourth-order valence-corrected chi connectivity index (χ4v) is 1.86. The van der Waals surface area contributed by atoms with Gasteiger partial charge in [-0.05, 0) is 35.6 Å². The first-order chi connectivity index (χ1) is 7.77. The van der Waals surface area contributed by atoms with Crippen LogP contribution in [-0.4, -0.2) is 18.3 Å². The topological polar surface area (TPSA) is 55.5 Å². The molecule has 0 unspecified atom stereocenters. The van der Waals surface area contributed by atoms with Gasteiger partial charge in [0.05, 0.1) is 19.3 Å². The smallest absolute Gasteiger partial charge is 0.119 e. The molecular formula is C14H23NO2. The third kappa shape index (κ3) is 3.20. The Labute approximate surface area is 104 Å².